The third kappa shape index (κ3) is 3.83. The number of nitrogens with zero attached hydrogens (tertiary/aromatic N) is 2. The second kappa shape index (κ2) is 6.32. The van der Waals surface area contributed by atoms with Crippen LogP contribution < -0.4 is 5.32 Å². The Hall–Kier alpha value is -0.490. The average molecular weight is 311 g/mol. The van der Waals surface area contributed by atoms with Crippen molar-refractivity contribution in [1.29, 1.82) is 0 Å². The third-order valence-corrected chi connectivity index (χ3v) is 5.05. The molecule has 0 saturated carbocycles. The van der Waals surface area contributed by atoms with Crippen molar-refractivity contribution in [2.75, 3.05) is 20.1 Å². The lowest BCUT2D eigenvalue weighted by molar-refractivity contribution is -0.0793. The zero-order valence-corrected chi connectivity index (χ0v) is 15.0. The average Bonchev–Trinajstić information content (AvgIpc) is 2.89. The van der Waals surface area contributed by atoms with Crippen LogP contribution in [0, 0.1) is 5.92 Å². The number of nitrogens with one attached hydrogen (secondary N) is 1. The molecule has 1 saturated heterocycles. The zero-order valence-electron chi connectivity index (χ0n) is 14.1. The summed E-state index contributed by atoms with van der Waals surface area (Å²) in [6, 6.07) is 0.371. The molecule has 2 atom stereocenters. The Balaban J connectivity index is 2.07. The molecule has 0 aromatic carbocycles. The molecule has 1 N–H and O–H groups in total. The van der Waals surface area contributed by atoms with E-state index in [0.29, 0.717) is 12.0 Å². The standard InChI is InChI=1S/C16H29N3OS/c1-7-17-14-13(15(2,3)20-16(14,4)5)9-19(6)8-12-10-21-11-18-12/h10-11,13-14,17H,7-9H2,1-6H3. The summed E-state index contributed by atoms with van der Waals surface area (Å²) < 4.78 is 6.35. The van der Waals surface area contributed by atoms with Crippen LogP contribution in [0.4, 0.5) is 0 Å². The largest absolute Gasteiger partial charge is 0.368 e. The highest BCUT2D eigenvalue weighted by Crippen LogP contribution is 2.42. The molecule has 2 rings (SSSR count). The van der Waals surface area contributed by atoms with E-state index in [4.69, 9.17) is 4.74 Å². The van der Waals surface area contributed by atoms with Gasteiger partial charge in [0.25, 0.3) is 0 Å². The molecule has 0 amide bonds. The Kier molecular flexibility index (Phi) is 5.08. The lowest BCUT2D eigenvalue weighted by Crippen LogP contribution is -2.50. The smallest absolute Gasteiger partial charge is 0.0795 e. The van der Waals surface area contributed by atoms with Crippen LogP contribution >= 0.6 is 11.3 Å². The number of ether oxygens (including phenoxy) is 1. The van der Waals surface area contributed by atoms with Crippen LogP contribution in [0.15, 0.2) is 10.9 Å². The van der Waals surface area contributed by atoms with Crippen molar-refractivity contribution < 1.29 is 4.74 Å². The van der Waals surface area contributed by atoms with Crippen LogP contribution in [0.3, 0.4) is 0 Å². The van der Waals surface area contributed by atoms with Gasteiger partial charge in [0.15, 0.2) is 0 Å². The van der Waals surface area contributed by atoms with E-state index in [1.807, 2.05) is 5.51 Å². The molecule has 1 aromatic heterocycles. The zero-order chi connectivity index (χ0) is 15.7. The Morgan fingerprint density at radius 3 is 2.62 bits per heavy atom. The molecule has 1 fully saturated rings. The highest BCUT2D eigenvalue weighted by Gasteiger charge is 2.53. The normalized spacial score (nSPS) is 27.4. The van der Waals surface area contributed by atoms with E-state index in [9.17, 15) is 0 Å². The first-order valence-corrected chi connectivity index (χ1v) is 8.69. The van der Waals surface area contributed by atoms with Gasteiger partial charge in [0, 0.05) is 30.4 Å². The summed E-state index contributed by atoms with van der Waals surface area (Å²) in [7, 11) is 2.17. The number of aromatic nitrogens is 1. The van der Waals surface area contributed by atoms with Gasteiger partial charge in [-0.15, -0.1) is 11.3 Å². The molecule has 0 radical (unpaired) electrons. The third-order valence-electron chi connectivity index (χ3n) is 4.42. The van der Waals surface area contributed by atoms with Gasteiger partial charge in [-0.3, -0.25) is 0 Å². The Bertz CT molecular complexity index is 444. The summed E-state index contributed by atoms with van der Waals surface area (Å²) in [5, 5.41) is 5.76. The van der Waals surface area contributed by atoms with E-state index < -0.39 is 0 Å². The maximum Gasteiger partial charge on any atom is 0.0795 e. The monoisotopic (exact) mass is 311 g/mol. The number of likely N-dealkylation sites (N-methyl/N-ethyl adjacent to an activating group) is 1. The fraction of sp³-hybridized carbons (Fsp3) is 0.812. The van der Waals surface area contributed by atoms with Crippen LogP contribution in [-0.2, 0) is 11.3 Å². The SMILES string of the molecule is CCNC1C(CN(C)Cc2cscn2)C(C)(C)OC1(C)C. The molecule has 0 spiro atoms. The second-order valence-electron chi connectivity index (χ2n) is 7.13. The fourth-order valence-corrected chi connectivity index (χ4v) is 4.18. The molecule has 5 heteroatoms. The minimum Gasteiger partial charge on any atom is -0.368 e. The number of hydrogen-bond acceptors (Lipinski definition) is 5. The van der Waals surface area contributed by atoms with Gasteiger partial charge in [0.1, 0.15) is 0 Å². The molecule has 1 aromatic rings. The lowest BCUT2D eigenvalue weighted by atomic mass is 9.82. The van der Waals surface area contributed by atoms with Gasteiger partial charge < -0.3 is 15.0 Å². The molecule has 1 aliphatic heterocycles. The van der Waals surface area contributed by atoms with Crippen molar-refractivity contribution in [3.63, 3.8) is 0 Å². The predicted octanol–water partition coefficient (Wildman–Crippen LogP) is 2.76. The molecule has 2 unspecified atom stereocenters. The van der Waals surface area contributed by atoms with Crippen molar-refractivity contribution in [1.82, 2.24) is 15.2 Å². The summed E-state index contributed by atoms with van der Waals surface area (Å²) in [6.07, 6.45) is 0. The highest BCUT2D eigenvalue weighted by molar-refractivity contribution is 7.07. The van der Waals surface area contributed by atoms with Crippen LogP contribution in [0.25, 0.3) is 0 Å². The molecule has 1 aliphatic rings. The van der Waals surface area contributed by atoms with Crippen LogP contribution in [0.2, 0.25) is 0 Å². The van der Waals surface area contributed by atoms with E-state index in [1.165, 1.54) is 0 Å². The maximum absolute atomic E-state index is 6.35. The van der Waals surface area contributed by atoms with Gasteiger partial charge in [-0.25, -0.2) is 4.98 Å². The molecule has 0 aliphatic carbocycles. The molecule has 4 nitrogen and oxygen atoms in total. The van der Waals surface area contributed by atoms with Crippen LogP contribution in [-0.4, -0.2) is 47.3 Å². The van der Waals surface area contributed by atoms with E-state index in [0.717, 1.165) is 25.3 Å². The maximum atomic E-state index is 6.35. The Morgan fingerprint density at radius 2 is 2.05 bits per heavy atom. The van der Waals surface area contributed by atoms with Gasteiger partial charge >= 0.3 is 0 Å². The number of hydrogen-bond donors (Lipinski definition) is 1. The van der Waals surface area contributed by atoms with Crippen molar-refractivity contribution in [3.8, 4) is 0 Å². The molecular formula is C16H29N3OS. The van der Waals surface area contributed by atoms with Gasteiger partial charge in [0.05, 0.1) is 22.4 Å². The quantitative estimate of drug-likeness (QED) is 0.876. The molecular weight excluding hydrogens is 282 g/mol. The molecule has 2 heterocycles. The Morgan fingerprint density at radius 1 is 1.33 bits per heavy atom. The van der Waals surface area contributed by atoms with Crippen molar-refractivity contribution in [2.24, 2.45) is 5.92 Å². The van der Waals surface area contributed by atoms with Crippen LogP contribution in [0.5, 0.6) is 0 Å². The first-order chi connectivity index (χ1) is 9.76. The van der Waals surface area contributed by atoms with Crippen molar-refractivity contribution in [3.05, 3.63) is 16.6 Å². The van der Waals surface area contributed by atoms with E-state index >= 15 is 0 Å². The van der Waals surface area contributed by atoms with Gasteiger partial charge in [-0.2, -0.15) is 0 Å². The van der Waals surface area contributed by atoms with Gasteiger partial charge in [-0.1, -0.05) is 6.92 Å². The van der Waals surface area contributed by atoms with E-state index in [2.05, 4.69) is 62.2 Å². The topological polar surface area (TPSA) is 37.4 Å². The van der Waals surface area contributed by atoms with Crippen molar-refractivity contribution in [2.45, 2.75) is 58.4 Å². The Labute approximate surface area is 132 Å². The summed E-state index contributed by atoms with van der Waals surface area (Å²) >= 11 is 1.66. The second-order valence-corrected chi connectivity index (χ2v) is 7.85. The van der Waals surface area contributed by atoms with Crippen LogP contribution in [0.1, 0.15) is 40.3 Å². The molecule has 0 bridgehead atoms. The molecule has 21 heavy (non-hydrogen) atoms. The first-order valence-electron chi connectivity index (χ1n) is 7.75. The fourth-order valence-electron chi connectivity index (χ4n) is 3.63. The lowest BCUT2D eigenvalue weighted by Gasteiger charge is -2.33. The highest BCUT2D eigenvalue weighted by atomic mass is 32.1. The minimum absolute atomic E-state index is 0.118. The van der Waals surface area contributed by atoms with E-state index in [1.54, 1.807) is 11.3 Å². The minimum atomic E-state index is -0.133. The summed E-state index contributed by atoms with van der Waals surface area (Å²) in [6.45, 7) is 13.9. The molecule has 120 valence electrons. The predicted molar refractivity (Wildman–Crippen MR) is 88.6 cm³/mol. The number of rotatable bonds is 6. The van der Waals surface area contributed by atoms with Gasteiger partial charge in [-0.05, 0) is 41.3 Å². The summed E-state index contributed by atoms with van der Waals surface area (Å²) in [4.78, 5) is 6.74. The first kappa shape index (κ1) is 16.9. The number of thiazole rings is 1. The summed E-state index contributed by atoms with van der Waals surface area (Å²) in [5.74, 6) is 0.455. The van der Waals surface area contributed by atoms with E-state index in [-0.39, 0.29) is 11.2 Å². The summed E-state index contributed by atoms with van der Waals surface area (Å²) in [5.41, 5.74) is 2.80. The van der Waals surface area contributed by atoms with Gasteiger partial charge in [0.2, 0.25) is 0 Å². The van der Waals surface area contributed by atoms with Crippen molar-refractivity contribution >= 4 is 11.3 Å².